The highest BCUT2D eigenvalue weighted by Gasteiger charge is 2.31. The molecular formula is C17H25ClN2O3. The van der Waals surface area contributed by atoms with Crippen LogP contribution in [0.25, 0.3) is 0 Å². The standard InChI is InChI=1S/C17H25ClN2O3/c1-10(2)14(21)17(4,5)9-19-15(22)16(23)20-13-8-6-7-12(18)11(13)3/h6-8,10,14,21H,9H2,1-5H3,(H,19,22)(H,20,23). The summed E-state index contributed by atoms with van der Waals surface area (Å²) in [5, 5.41) is 15.8. The van der Waals surface area contributed by atoms with Crippen molar-refractivity contribution < 1.29 is 14.7 Å². The van der Waals surface area contributed by atoms with Crippen LogP contribution in [0.4, 0.5) is 5.69 Å². The molecule has 1 aromatic rings. The van der Waals surface area contributed by atoms with E-state index in [4.69, 9.17) is 11.6 Å². The number of rotatable bonds is 5. The fourth-order valence-electron chi connectivity index (χ4n) is 2.32. The van der Waals surface area contributed by atoms with E-state index < -0.39 is 23.3 Å². The van der Waals surface area contributed by atoms with Crippen LogP contribution in [0.5, 0.6) is 0 Å². The van der Waals surface area contributed by atoms with Gasteiger partial charge in [0.15, 0.2) is 0 Å². The Labute approximate surface area is 142 Å². The number of halogens is 1. The van der Waals surface area contributed by atoms with E-state index in [1.165, 1.54) is 0 Å². The summed E-state index contributed by atoms with van der Waals surface area (Å²) in [7, 11) is 0. The van der Waals surface area contributed by atoms with Crippen LogP contribution in [0.15, 0.2) is 18.2 Å². The molecule has 0 saturated heterocycles. The molecule has 0 fully saturated rings. The Morgan fingerprint density at radius 1 is 1.26 bits per heavy atom. The number of nitrogens with one attached hydrogen (secondary N) is 2. The van der Waals surface area contributed by atoms with Crippen molar-refractivity contribution in [2.24, 2.45) is 11.3 Å². The molecule has 128 valence electrons. The molecule has 0 bridgehead atoms. The Bertz CT molecular complexity index is 585. The van der Waals surface area contributed by atoms with Gasteiger partial charge in [0.25, 0.3) is 0 Å². The van der Waals surface area contributed by atoms with Crippen LogP contribution in [0.3, 0.4) is 0 Å². The van der Waals surface area contributed by atoms with Crippen LogP contribution < -0.4 is 10.6 Å². The summed E-state index contributed by atoms with van der Waals surface area (Å²) in [4.78, 5) is 23.9. The first kappa shape index (κ1) is 19.5. The van der Waals surface area contributed by atoms with Crippen LogP contribution in [0.2, 0.25) is 5.02 Å². The Morgan fingerprint density at radius 2 is 1.87 bits per heavy atom. The maximum absolute atomic E-state index is 12.0. The number of hydrogen-bond donors (Lipinski definition) is 3. The zero-order valence-electron chi connectivity index (χ0n) is 14.2. The minimum atomic E-state index is -0.759. The Balaban J connectivity index is 2.65. The van der Waals surface area contributed by atoms with Gasteiger partial charge in [0.1, 0.15) is 0 Å². The molecule has 2 amide bonds. The van der Waals surface area contributed by atoms with Gasteiger partial charge < -0.3 is 15.7 Å². The first-order valence-electron chi connectivity index (χ1n) is 7.58. The van der Waals surface area contributed by atoms with Crippen molar-refractivity contribution in [3.8, 4) is 0 Å². The Kier molecular flexibility index (Phi) is 6.59. The van der Waals surface area contributed by atoms with Crippen LogP contribution in [-0.4, -0.2) is 29.6 Å². The number of carbonyl (C=O) groups excluding carboxylic acids is 2. The van der Waals surface area contributed by atoms with Gasteiger partial charge in [0.05, 0.1) is 6.10 Å². The lowest BCUT2D eigenvalue weighted by Gasteiger charge is -2.33. The third kappa shape index (κ3) is 5.22. The highest BCUT2D eigenvalue weighted by Crippen LogP contribution is 2.25. The van der Waals surface area contributed by atoms with Gasteiger partial charge in [-0.2, -0.15) is 0 Å². The number of amides is 2. The van der Waals surface area contributed by atoms with Crippen molar-refractivity contribution in [3.05, 3.63) is 28.8 Å². The predicted octanol–water partition coefficient (Wildman–Crippen LogP) is 2.75. The molecule has 3 N–H and O–H groups in total. The average molecular weight is 341 g/mol. The summed E-state index contributed by atoms with van der Waals surface area (Å²) in [6, 6.07) is 5.09. The van der Waals surface area contributed by atoms with E-state index in [2.05, 4.69) is 10.6 Å². The van der Waals surface area contributed by atoms with Crippen molar-refractivity contribution in [2.45, 2.75) is 40.7 Å². The average Bonchev–Trinajstić information content (AvgIpc) is 2.48. The molecule has 1 aromatic carbocycles. The second-order valence-electron chi connectivity index (χ2n) is 6.73. The topological polar surface area (TPSA) is 78.4 Å². The van der Waals surface area contributed by atoms with E-state index in [0.29, 0.717) is 16.3 Å². The zero-order valence-corrected chi connectivity index (χ0v) is 15.0. The van der Waals surface area contributed by atoms with E-state index in [1.807, 2.05) is 27.7 Å². The number of hydrogen-bond acceptors (Lipinski definition) is 3. The second-order valence-corrected chi connectivity index (χ2v) is 7.13. The molecule has 0 aliphatic carbocycles. The van der Waals surface area contributed by atoms with Gasteiger partial charge in [0.2, 0.25) is 0 Å². The van der Waals surface area contributed by atoms with Crippen LogP contribution in [0, 0.1) is 18.3 Å². The summed E-state index contributed by atoms with van der Waals surface area (Å²) >= 11 is 5.98. The van der Waals surface area contributed by atoms with Crippen molar-refractivity contribution in [1.29, 1.82) is 0 Å². The van der Waals surface area contributed by atoms with Crippen LogP contribution >= 0.6 is 11.6 Å². The number of aliphatic hydroxyl groups is 1. The van der Waals surface area contributed by atoms with E-state index >= 15 is 0 Å². The van der Waals surface area contributed by atoms with Crippen LogP contribution in [0.1, 0.15) is 33.3 Å². The van der Waals surface area contributed by atoms with E-state index in [1.54, 1.807) is 25.1 Å². The van der Waals surface area contributed by atoms with E-state index in [0.717, 1.165) is 0 Å². The van der Waals surface area contributed by atoms with Gasteiger partial charge in [-0.15, -0.1) is 0 Å². The van der Waals surface area contributed by atoms with E-state index in [9.17, 15) is 14.7 Å². The number of anilines is 1. The third-order valence-corrected chi connectivity index (χ3v) is 4.27. The molecule has 0 aliphatic rings. The first-order chi connectivity index (χ1) is 10.6. The molecular weight excluding hydrogens is 316 g/mol. The van der Waals surface area contributed by atoms with Crippen molar-refractivity contribution in [1.82, 2.24) is 5.32 Å². The lowest BCUT2D eigenvalue weighted by molar-refractivity contribution is -0.136. The monoisotopic (exact) mass is 340 g/mol. The fourth-order valence-corrected chi connectivity index (χ4v) is 2.49. The predicted molar refractivity (Wildman–Crippen MR) is 92.5 cm³/mol. The van der Waals surface area contributed by atoms with Gasteiger partial charge in [0, 0.05) is 22.7 Å². The number of carbonyl (C=O) groups is 2. The normalized spacial score (nSPS) is 12.9. The number of aliphatic hydroxyl groups excluding tert-OH is 1. The molecule has 5 nitrogen and oxygen atoms in total. The molecule has 23 heavy (non-hydrogen) atoms. The smallest absolute Gasteiger partial charge is 0.313 e. The van der Waals surface area contributed by atoms with Crippen molar-refractivity contribution >= 4 is 29.1 Å². The van der Waals surface area contributed by atoms with Gasteiger partial charge in [-0.25, -0.2) is 0 Å². The van der Waals surface area contributed by atoms with Gasteiger partial charge in [-0.1, -0.05) is 45.4 Å². The molecule has 6 heteroatoms. The highest BCUT2D eigenvalue weighted by molar-refractivity contribution is 6.40. The molecule has 1 unspecified atom stereocenters. The maximum atomic E-state index is 12.0. The molecule has 0 aromatic heterocycles. The van der Waals surface area contributed by atoms with Crippen molar-refractivity contribution in [3.63, 3.8) is 0 Å². The van der Waals surface area contributed by atoms with Gasteiger partial charge in [-0.05, 0) is 30.5 Å². The summed E-state index contributed by atoms with van der Waals surface area (Å²) in [5.41, 5.74) is 0.667. The SMILES string of the molecule is Cc1c(Cl)cccc1NC(=O)C(=O)NCC(C)(C)C(O)C(C)C. The first-order valence-corrected chi connectivity index (χ1v) is 7.96. The summed E-state index contributed by atoms with van der Waals surface area (Å²) in [6.45, 7) is 9.46. The molecule has 1 rings (SSSR count). The summed E-state index contributed by atoms with van der Waals surface area (Å²) in [5.74, 6) is -1.44. The lowest BCUT2D eigenvalue weighted by Crippen LogP contribution is -2.46. The number of benzene rings is 1. The Hall–Kier alpha value is -1.59. The van der Waals surface area contributed by atoms with E-state index in [-0.39, 0.29) is 12.5 Å². The molecule has 0 radical (unpaired) electrons. The van der Waals surface area contributed by atoms with Gasteiger partial charge >= 0.3 is 11.8 Å². The fraction of sp³-hybridized carbons (Fsp3) is 0.529. The molecule has 1 atom stereocenters. The van der Waals surface area contributed by atoms with Crippen molar-refractivity contribution in [2.75, 3.05) is 11.9 Å². The highest BCUT2D eigenvalue weighted by atomic mass is 35.5. The minimum absolute atomic E-state index is 0.0600. The minimum Gasteiger partial charge on any atom is -0.392 e. The molecule has 0 saturated carbocycles. The molecule has 0 aliphatic heterocycles. The molecule has 0 spiro atoms. The lowest BCUT2D eigenvalue weighted by atomic mass is 9.81. The third-order valence-electron chi connectivity index (χ3n) is 3.86. The quantitative estimate of drug-likeness (QED) is 0.721. The second kappa shape index (κ2) is 7.79. The Morgan fingerprint density at radius 3 is 2.43 bits per heavy atom. The summed E-state index contributed by atoms with van der Waals surface area (Å²) in [6.07, 6.45) is -0.582. The van der Waals surface area contributed by atoms with Gasteiger partial charge in [-0.3, -0.25) is 9.59 Å². The maximum Gasteiger partial charge on any atom is 0.313 e. The van der Waals surface area contributed by atoms with Crippen LogP contribution in [-0.2, 0) is 9.59 Å². The largest absolute Gasteiger partial charge is 0.392 e. The summed E-state index contributed by atoms with van der Waals surface area (Å²) < 4.78 is 0. The molecule has 0 heterocycles. The zero-order chi connectivity index (χ0) is 17.8.